The maximum atomic E-state index is 6.56. The maximum Gasteiger partial charge on any atom is 0.140 e. The van der Waals surface area contributed by atoms with Crippen LogP contribution in [-0.2, 0) is 6.42 Å². The molecule has 0 unspecified atom stereocenters. The predicted octanol–water partition coefficient (Wildman–Crippen LogP) is 4.39. The summed E-state index contributed by atoms with van der Waals surface area (Å²) in [4.78, 5) is 6.37. The Balaban J connectivity index is 1.47. The monoisotopic (exact) mass is 443 g/mol. The summed E-state index contributed by atoms with van der Waals surface area (Å²) in [5.74, 6) is 0.781. The van der Waals surface area contributed by atoms with Crippen molar-refractivity contribution in [2.75, 3.05) is 6.54 Å². The van der Waals surface area contributed by atoms with Crippen molar-refractivity contribution in [1.29, 1.82) is 0 Å². The summed E-state index contributed by atoms with van der Waals surface area (Å²) in [7, 11) is 0. The molecule has 1 aliphatic heterocycles. The first-order chi connectivity index (χ1) is 14.6. The fourth-order valence-electron chi connectivity index (χ4n) is 4.61. The molecule has 0 spiro atoms. The van der Waals surface area contributed by atoms with Gasteiger partial charge in [-0.15, -0.1) is 0 Å². The maximum absolute atomic E-state index is 6.56. The van der Waals surface area contributed by atoms with Gasteiger partial charge in [0.2, 0.25) is 0 Å². The fourth-order valence-corrected chi connectivity index (χ4v) is 5.19. The van der Waals surface area contributed by atoms with Crippen molar-refractivity contribution in [3.05, 3.63) is 70.2 Å². The molecular weight excluding hydrogens is 421 g/mol. The van der Waals surface area contributed by atoms with Crippen molar-refractivity contribution in [3.63, 3.8) is 0 Å². The number of fused-ring (bicyclic) bond motifs is 1. The summed E-state index contributed by atoms with van der Waals surface area (Å²) in [6.07, 6.45) is 7.15. The first kappa shape index (κ1) is 19.8. The second-order valence-corrected chi connectivity index (χ2v) is 8.74. The summed E-state index contributed by atoms with van der Waals surface area (Å²) in [5, 5.41) is 5.48. The average molecular weight is 444 g/mol. The van der Waals surface area contributed by atoms with E-state index in [0.29, 0.717) is 10.0 Å². The summed E-state index contributed by atoms with van der Waals surface area (Å²) in [6, 6.07) is 11.7. The highest BCUT2D eigenvalue weighted by molar-refractivity contribution is 6.35. The molecule has 3 aromatic rings. The smallest absolute Gasteiger partial charge is 0.140 e. The number of benzene rings is 2. The number of nitrogens with zero attached hydrogens (tertiary/aromatic N) is 4. The molecule has 1 saturated heterocycles. The van der Waals surface area contributed by atoms with Crippen LogP contribution in [0.15, 0.2) is 49.1 Å². The molecule has 1 aromatic heterocycles. The summed E-state index contributed by atoms with van der Waals surface area (Å²) < 4.78 is 8.25. The minimum absolute atomic E-state index is 0.0353. The molecular formula is C22H23Cl2N5O. The number of ether oxygens (including phenoxy) is 1. The van der Waals surface area contributed by atoms with E-state index in [1.54, 1.807) is 11.0 Å². The van der Waals surface area contributed by atoms with Crippen LogP contribution in [0.2, 0.25) is 10.0 Å². The van der Waals surface area contributed by atoms with Crippen molar-refractivity contribution in [1.82, 2.24) is 19.7 Å². The van der Waals surface area contributed by atoms with Crippen LogP contribution in [0.3, 0.4) is 0 Å². The minimum atomic E-state index is -0.183. The number of piperidine rings is 1. The SMILES string of the molecule is N[C@H]1CCCCN1[C@H]1Cc2c(Cl)cc(Cl)cc2[C@@H]1Oc1ccc(-n2cncn2)cc1. The van der Waals surface area contributed by atoms with E-state index in [0.717, 1.165) is 48.4 Å². The van der Waals surface area contributed by atoms with Gasteiger partial charge in [0.15, 0.2) is 0 Å². The van der Waals surface area contributed by atoms with Gasteiger partial charge in [-0.05, 0) is 67.6 Å². The van der Waals surface area contributed by atoms with Crippen molar-refractivity contribution in [2.45, 2.75) is 44.0 Å². The topological polar surface area (TPSA) is 69.2 Å². The van der Waals surface area contributed by atoms with Gasteiger partial charge in [-0.25, -0.2) is 9.67 Å². The van der Waals surface area contributed by atoms with E-state index in [-0.39, 0.29) is 18.3 Å². The zero-order chi connectivity index (χ0) is 20.7. The molecule has 6 nitrogen and oxygen atoms in total. The number of nitrogens with two attached hydrogens (primary N) is 1. The van der Waals surface area contributed by atoms with E-state index in [4.69, 9.17) is 33.7 Å². The third kappa shape index (κ3) is 3.69. The Morgan fingerprint density at radius 3 is 2.67 bits per heavy atom. The molecule has 8 heteroatoms. The van der Waals surface area contributed by atoms with E-state index in [2.05, 4.69) is 15.0 Å². The number of likely N-dealkylation sites (tertiary alicyclic amines) is 1. The molecule has 0 bridgehead atoms. The van der Waals surface area contributed by atoms with Gasteiger partial charge >= 0.3 is 0 Å². The zero-order valence-electron chi connectivity index (χ0n) is 16.4. The van der Waals surface area contributed by atoms with E-state index in [1.807, 2.05) is 36.4 Å². The summed E-state index contributed by atoms with van der Waals surface area (Å²) >= 11 is 12.9. The molecule has 2 N–H and O–H groups in total. The lowest BCUT2D eigenvalue weighted by molar-refractivity contribution is 0.0303. The fraction of sp³-hybridized carbons (Fsp3) is 0.364. The minimum Gasteiger partial charge on any atom is -0.484 e. The van der Waals surface area contributed by atoms with Crippen molar-refractivity contribution in [2.24, 2.45) is 5.73 Å². The number of aromatic nitrogens is 3. The van der Waals surface area contributed by atoms with Gasteiger partial charge in [0.1, 0.15) is 24.5 Å². The zero-order valence-corrected chi connectivity index (χ0v) is 17.9. The Morgan fingerprint density at radius 1 is 1.10 bits per heavy atom. The van der Waals surface area contributed by atoms with Gasteiger partial charge in [-0.2, -0.15) is 5.10 Å². The quantitative estimate of drug-likeness (QED) is 0.647. The van der Waals surface area contributed by atoms with Gasteiger partial charge in [0, 0.05) is 22.2 Å². The van der Waals surface area contributed by atoms with Gasteiger partial charge in [-0.1, -0.05) is 23.2 Å². The Bertz CT molecular complexity index is 1020. The van der Waals surface area contributed by atoms with E-state index in [1.165, 1.54) is 12.7 Å². The number of hydrogen-bond acceptors (Lipinski definition) is 5. The molecule has 156 valence electrons. The first-order valence-corrected chi connectivity index (χ1v) is 11.0. The first-order valence-electron chi connectivity index (χ1n) is 10.2. The van der Waals surface area contributed by atoms with Crippen LogP contribution in [0.25, 0.3) is 5.69 Å². The van der Waals surface area contributed by atoms with Crippen molar-refractivity contribution >= 4 is 23.2 Å². The molecule has 2 aliphatic rings. The molecule has 1 fully saturated rings. The molecule has 0 radical (unpaired) electrons. The van der Waals surface area contributed by atoms with Gasteiger partial charge in [-0.3, -0.25) is 4.90 Å². The van der Waals surface area contributed by atoms with Gasteiger partial charge < -0.3 is 10.5 Å². The average Bonchev–Trinajstić information content (AvgIpc) is 3.38. The predicted molar refractivity (Wildman–Crippen MR) is 117 cm³/mol. The largest absolute Gasteiger partial charge is 0.484 e. The van der Waals surface area contributed by atoms with Crippen LogP contribution in [0, 0.1) is 0 Å². The molecule has 5 rings (SSSR count). The third-order valence-corrected chi connectivity index (χ3v) is 6.62. The Kier molecular flexibility index (Phi) is 5.41. The van der Waals surface area contributed by atoms with Crippen LogP contribution in [0.5, 0.6) is 5.75 Å². The normalized spacial score (nSPS) is 24.0. The molecule has 1 aliphatic carbocycles. The Morgan fingerprint density at radius 2 is 1.93 bits per heavy atom. The van der Waals surface area contributed by atoms with Gasteiger partial charge in [0.05, 0.1) is 17.9 Å². The lowest BCUT2D eigenvalue weighted by atomic mass is 10.0. The number of rotatable bonds is 4. The highest BCUT2D eigenvalue weighted by Crippen LogP contribution is 2.43. The van der Waals surface area contributed by atoms with E-state index < -0.39 is 0 Å². The number of hydrogen-bond donors (Lipinski definition) is 1. The second kappa shape index (κ2) is 8.19. The number of halogens is 2. The lowest BCUT2D eigenvalue weighted by Crippen LogP contribution is -2.52. The standard InChI is InChI=1S/C22H23Cl2N5O/c23-14-9-18-17(19(24)10-14)11-20(28-8-2-1-3-21(28)25)22(18)30-16-6-4-15(5-7-16)29-13-26-12-27-29/h4-7,9-10,12-13,20-22H,1-3,8,11,25H2/t20-,21+,22-/m0/s1. The third-order valence-electron chi connectivity index (χ3n) is 6.07. The van der Waals surface area contributed by atoms with Crippen molar-refractivity contribution in [3.8, 4) is 11.4 Å². The summed E-state index contributed by atoms with van der Waals surface area (Å²) in [6.45, 7) is 0.969. The van der Waals surface area contributed by atoms with Crippen molar-refractivity contribution < 1.29 is 4.74 Å². The van der Waals surface area contributed by atoms with Crippen LogP contribution in [0.1, 0.15) is 36.5 Å². The Labute approximate surface area is 185 Å². The molecule has 2 aromatic carbocycles. The van der Waals surface area contributed by atoms with E-state index in [9.17, 15) is 0 Å². The van der Waals surface area contributed by atoms with Gasteiger partial charge in [0.25, 0.3) is 0 Å². The van der Waals surface area contributed by atoms with Crippen LogP contribution < -0.4 is 10.5 Å². The second-order valence-electron chi connectivity index (χ2n) is 7.90. The molecule has 0 saturated carbocycles. The van der Waals surface area contributed by atoms with Crippen LogP contribution >= 0.6 is 23.2 Å². The van der Waals surface area contributed by atoms with Crippen LogP contribution in [0.4, 0.5) is 0 Å². The highest BCUT2D eigenvalue weighted by atomic mass is 35.5. The van der Waals surface area contributed by atoms with Crippen LogP contribution in [-0.4, -0.2) is 38.4 Å². The Hall–Kier alpha value is -2.12. The molecule has 3 atom stereocenters. The molecule has 2 heterocycles. The molecule has 30 heavy (non-hydrogen) atoms. The highest BCUT2D eigenvalue weighted by Gasteiger charge is 2.41. The lowest BCUT2D eigenvalue weighted by Gasteiger charge is -2.40. The van der Waals surface area contributed by atoms with E-state index >= 15 is 0 Å². The summed E-state index contributed by atoms with van der Waals surface area (Å²) in [5.41, 5.74) is 9.57. The molecule has 0 amide bonds.